The fourth-order valence-corrected chi connectivity index (χ4v) is 2.99. The number of ether oxygens (including phenoxy) is 1. The van der Waals surface area contributed by atoms with Crippen molar-refractivity contribution in [1.29, 1.82) is 0 Å². The summed E-state index contributed by atoms with van der Waals surface area (Å²) in [7, 11) is 0. The van der Waals surface area contributed by atoms with Gasteiger partial charge in [0, 0.05) is 18.3 Å². The van der Waals surface area contributed by atoms with Gasteiger partial charge in [0.05, 0.1) is 12.2 Å². The largest absolute Gasteiger partial charge is 0.573 e. The van der Waals surface area contributed by atoms with Gasteiger partial charge in [-0.25, -0.2) is 0 Å². The number of aromatic nitrogens is 2. The van der Waals surface area contributed by atoms with Crippen molar-refractivity contribution in [1.82, 2.24) is 9.78 Å². The maximum Gasteiger partial charge on any atom is 0.573 e. The van der Waals surface area contributed by atoms with Gasteiger partial charge in [-0.1, -0.05) is 12.8 Å². The average molecular weight is 362 g/mol. The Hall–Kier alpha value is -1.73. The molecule has 1 heterocycles. The molecule has 0 bridgehead atoms. The Morgan fingerprint density at radius 3 is 2.50 bits per heavy atom. The minimum atomic E-state index is -4.72. The molecule has 0 spiro atoms. The van der Waals surface area contributed by atoms with Gasteiger partial charge in [0.15, 0.2) is 0 Å². The molecule has 2 N–H and O–H groups in total. The minimum Gasteiger partial charge on any atom is -0.406 e. The topological polar surface area (TPSA) is 53.1 Å². The standard InChI is InChI=1S/C16H18F3N3O.ClH/c17-16(18,19)23-15-6-11(8-20)5-12(7-15)13-9-21-22(10-13)14-3-1-2-4-14;/h5-7,9-10,14H,1-4,8,20H2;1H. The van der Waals surface area contributed by atoms with Gasteiger partial charge in [-0.05, 0) is 42.2 Å². The van der Waals surface area contributed by atoms with Crippen LogP contribution < -0.4 is 10.5 Å². The molecule has 0 unspecified atom stereocenters. The van der Waals surface area contributed by atoms with E-state index in [1.165, 1.54) is 25.0 Å². The highest BCUT2D eigenvalue weighted by molar-refractivity contribution is 5.85. The highest BCUT2D eigenvalue weighted by atomic mass is 35.5. The van der Waals surface area contributed by atoms with Gasteiger partial charge in [-0.2, -0.15) is 5.10 Å². The van der Waals surface area contributed by atoms with Gasteiger partial charge in [-0.3, -0.25) is 4.68 Å². The van der Waals surface area contributed by atoms with Crippen molar-refractivity contribution >= 4 is 12.4 Å². The van der Waals surface area contributed by atoms with E-state index in [-0.39, 0.29) is 24.7 Å². The first-order valence-electron chi connectivity index (χ1n) is 7.59. The van der Waals surface area contributed by atoms with Gasteiger partial charge in [0.1, 0.15) is 5.75 Å². The van der Waals surface area contributed by atoms with Crippen LogP contribution in [0.3, 0.4) is 0 Å². The summed E-state index contributed by atoms with van der Waals surface area (Å²) in [5.74, 6) is -0.260. The summed E-state index contributed by atoms with van der Waals surface area (Å²) in [6.07, 6.45) is 3.38. The third-order valence-corrected chi connectivity index (χ3v) is 4.07. The van der Waals surface area contributed by atoms with Crippen molar-refractivity contribution in [2.45, 2.75) is 44.6 Å². The molecular formula is C16H19ClF3N3O. The van der Waals surface area contributed by atoms with E-state index in [2.05, 4.69) is 9.84 Å². The van der Waals surface area contributed by atoms with Crippen LogP contribution in [-0.2, 0) is 6.54 Å². The second-order valence-electron chi connectivity index (χ2n) is 5.76. The smallest absolute Gasteiger partial charge is 0.406 e. The lowest BCUT2D eigenvalue weighted by atomic mass is 10.1. The van der Waals surface area contributed by atoms with E-state index in [1.807, 2.05) is 10.9 Å². The van der Waals surface area contributed by atoms with Crippen molar-refractivity contribution in [3.05, 3.63) is 36.2 Å². The van der Waals surface area contributed by atoms with Crippen molar-refractivity contribution in [2.75, 3.05) is 0 Å². The summed E-state index contributed by atoms with van der Waals surface area (Å²) < 4.78 is 43.3. The Morgan fingerprint density at radius 2 is 1.88 bits per heavy atom. The number of halogens is 4. The van der Waals surface area contributed by atoms with Crippen LogP contribution in [0.15, 0.2) is 30.6 Å². The summed E-state index contributed by atoms with van der Waals surface area (Å²) >= 11 is 0. The summed E-state index contributed by atoms with van der Waals surface area (Å²) in [5.41, 5.74) is 7.54. The molecule has 8 heteroatoms. The third kappa shape index (κ3) is 4.42. The van der Waals surface area contributed by atoms with Crippen molar-refractivity contribution in [3.63, 3.8) is 0 Å². The molecule has 2 aromatic rings. The van der Waals surface area contributed by atoms with Crippen LogP contribution in [0.25, 0.3) is 11.1 Å². The highest BCUT2D eigenvalue weighted by Gasteiger charge is 2.31. The maximum absolute atomic E-state index is 12.4. The van der Waals surface area contributed by atoms with Gasteiger partial charge in [0.25, 0.3) is 0 Å². The normalized spacial score (nSPS) is 15.3. The number of hydrogen-bond donors (Lipinski definition) is 1. The van der Waals surface area contributed by atoms with Crippen LogP contribution in [0.1, 0.15) is 37.3 Å². The molecule has 132 valence electrons. The lowest BCUT2D eigenvalue weighted by Crippen LogP contribution is -2.17. The molecule has 1 saturated carbocycles. The first-order chi connectivity index (χ1) is 10.9. The van der Waals surface area contributed by atoms with Crippen LogP contribution in [0.5, 0.6) is 5.75 Å². The maximum atomic E-state index is 12.4. The molecular weight excluding hydrogens is 343 g/mol. The lowest BCUT2D eigenvalue weighted by molar-refractivity contribution is -0.274. The zero-order chi connectivity index (χ0) is 16.4. The fourth-order valence-electron chi connectivity index (χ4n) is 2.99. The fraction of sp³-hybridized carbons (Fsp3) is 0.438. The quantitative estimate of drug-likeness (QED) is 0.875. The predicted molar refractivity (Wildman–Crippen MR) is 87.0 cm³/mol. The summed E-state index contributed by atoms with van der Waals surface area (Å²) in [5, 5.41) is 4.36. The lowest BCUT2D eigenvalue weighted by Gasteiger charge is -2.12. The first-order valence-corrected chi connectivity index (χ1v) is 7.59. The molecule has 3 rings (SSSR count). The van der Waals surface area contributed by atoms with Crippen LogP contribution >= 0.6 is 12.4 Å². The van der Waals surface area contributed by atoms with Gasteiger partial charge in [-0.15, -0.1) is 25.6 Å². The number of alkyl halides is 3. The monoisotopic (exact) mass is 361 g/mol. The number of nitrogens with zero attached hydrogens (tertiary/aromatic N) is 2. The van der Waals surface area contributed by atoms with E-state index < -0.39 is 6.36 Å². The Bertz CT molecular complexity index is 681. The molecule has 0 saturated heterocycles. The Kier molecular flexibility index (Phi) is 5.77. The molecule has 0 radical (unpaired) electrons. The van der Waals surface area contributed by atoms with E-state index in [0.717, 1.165) is 18.4 Å². The van der Waals surface area contributed by atoms with Crippen LogP contribution in [0, 0.1) is 0 Å². The van der Waals surface area contributed by atoms with Crippen molar-refractivity contribution in [2.24, 2.45) is 5.73 Å². The molecule has 24 heavy (non-hydrogen) atoms. The van der Waals surface area contributed by atoms with Gasteiger partial charge in [0.2, 0.25) is 0 Å². The Balaban J connectivity index is 0.00000208. The van der Waals surface area contributed by atoms with E-state index in [1.54, 1.807) is 12.3 Å². The van der Waals surface area contributed by atoms with Crippen molar-refractivity contribution < 1.29 is 17.9 Å². The molecule has 4 nitrogen and oxygen atoms in total. The molecule has 1 aromatic carbocycles. The van der Waals surface area contributed by atoms with E-state index in [9.17, 15) is 13.2 Å². The second-order valence-corrected chi connectivity index (χ2v) is 5.76. The Labute approximate surface area is 144 Å². The molecule has 1 fully saturated rings. The zero-order valence-electron chi connectivity index (χ0n) is 12.9. The SMILES string of the molecule is Cl.NCc1cc(OC(F)(F)F)cc(-c2cnn(C3CCCC3)c2)c1. The van der Waals surface area contributed by atoms with E-state index in [4.69, 9.17) is 5.73 Å². The molecule has 1 aliphatic rings. The molecule has 1 aliphatic carbocycles. The van der Waals surface area contributed by atoms with Crippen molar-refractivity contribution in [3.8, 4) is 16.9 Å². The second kappa shape index (κ2) is 7.44. The average Bonchev–Trinajstić information content (AvgIpc) is 3.15. The molecule has 1 aromatic heterocycles. The number of hydrogen-bond acceptors (Lipinski definition) is 3. The highest BCUT2D eigenvalue weighted by Crippen LogP contribution is 2.32. The zero-order valence-corrected chi connectivity index (χ0v) is 13.7. The van der Waals surface area contributed by atoms with Gasteiger partial charge >= 0.3 is 6.36 Å². The van der Waals surface area contributed by atoms with Crippen LogP contribution in [0.4, 0.5) is 13.2 Å². The van der Waals surface area contributed by atoms with E-state index >= 15 is 0 Å². The first kappa shape index (κ1) is 18.6. The minimum absolute atomic E-state index is 0. The number of nitrogens with two attached hydrogens (primary N) is 1. The van der Waals surface area contributed by atoms with E-state index in [0.29, 0.717) is 17.2 Å². The number of benzene rings is 1. The van der Waals surface area contributed by atoms with Crippen LogP contribution in [-0.4, -0.2) is 16.1 Å². The predicted octanol–water partition coefficient (Wildman–Crippen LogP) is 4.44. The molecule has 0 atom stereocenters. The summed E-state index contributed by atoms with van der Waals surface area (Å²) in [4.78, 5) is 0. The molecule has 0 amide bonds. The van der Waals surface area contributed by atoms with Crippen LogP contribution in [0.2, 0.25) is 0 Å². The van der Waals surface area contributed by atoms with Gasteiger partial charge < -0.3 is 10.5 Å². The molecule has 0 aliphatic heterocycles. The number of rotatable bonds is 4. The summed E-state index contributed by atoms with van der Waals surface area (Å²) in [6.45, 7) is 0.138. The third-order valence-electron chi connectivity index (χ3n) is 4.07. The Morgan fingerprint density at radius 1 is 1.17 bits per heavy atom. The summed E-state index contributed by atoms with van der Waals surface area (Å²) in [6, 6.07) is 4.81.